The van der Waals surface area contributed by atoms with Crippen LogP contribution in [0.3, 0.4) is 0 Å². The zero-order valence-electron chi connectivity index (χ0n) is 9.66. The summed E-state index contributed by atoms with van der Waals surface area (Å²) in [6.45, 7) is 7.38. The summed E-state index contributed by atoms with van der Waals surface area (Å²) in [5, 5.41) is 5.16. The molecule has 4 nitrogen and oxygen atoms in total. The highest BCUT2D eigenvalue weighted by molar-refractivity contribution is 9.11. The van der Waals surface area contributed by atoms with Crippen molar-refractivity contribution in [2.75, 3.05) is 6.61 Å². The number of sulfonamides is 1. The van der Waals surface area contributed by atoms with Crippen molar-refractivity contribution in [3.8, 4) is 5.75 Å². The van der Waals surface area contributed by atoms with Gasteiger partial charge in [-0.2, -0.15) is 0 Å². The van der Waals surface area contributed by atoms with Gasteiger partial charge < -0.3 is 4.74 Å². The largest absolute Gasteiger partial charge is 0.487 e. The third-order valence-corrected chi connectivity index (χ3v) is 3.21. The first-order valence-corrected chi connectivity index (χ1v) is 7.16. The van der Waals surface area contributed by atoms with Crippen LogP contribution in [-0.2, 0) is 10.0 Å². The molecule has 0 amide bonds. The molecule has 94 valence electrons. The molecular formula is C11H14BrNO3S. The van der Waals surface area contributed by atoms with E-state index in [-0.39, 0.29) is 17.3 Å². The number of nitrogens with two attached hydrogens (primary N) is 1. The van der Waals surface area contributed by atoms with Gasteiger partial charge in [0.1, 0.15) is 17.3 Å². The minimum absolute atomic E-state index is 0.00347. The van der Waals surface area contributed by atoms with Gasteiger partial charge in [-0.15, -0.1) is 0 Å². The van der Waals surface area contributed by atoms with Gasteiger partial charge in [-0.3, -0.25) is 0 Å². The Kier molecular flexibility index (Phi) is 4.35. The smallest absolute Gasteiger partial charge is 0.241 e. The number of benzene rings is 1. The molecule has 0 saturated carbocycles. The summed E-state index contributed by atoms with van der Waals surface area (Å²) >= 11 is 3.15. The Morgan fingerprint density at radius 3 is 2.53 bits per heavy atom. The van der Waals surface area contributed by atoms with E-state index in [0.29, 0.717) is 4.48 Å². The van der Waals surface area contributed by atoms with Crippen LogP contribution in [-0.4, -0.2) is 15.0 Å². The van der Waals surface area contributed by atoms with E-state index in [9.17, 15) is 8.42 Å². The third kappa shape index (κ3) is 3.83. The van der Waals surface area contributed by atoms with Crippen LogP contribution in [0.25, 0.3) is 0 Å². The van der Waals surface area contributed by atoms with E-state index < -0.39 is 10.0 Å². The summed E-state index contributed by atoms with van der Waals surface area (Å²) in [5.41, 5.74) is 1.54. The molecule has 17 heavy (non-hydrogen) atoms. The lowest BCUT2D eigenvalue weighted by atomic mass is 10.1. The fourth-order valence-electron chi connectivity index (χ4n) is 1.46. The molecular weight excluding hydrogens is 306 g/mol. The summed E-state index contributed by atoms with van der Waals surface area (Å²) in [5.74, 6) is 0.277. The lowest BCUT2D eigenvalue weighted by Gasteiger charge is -2.13. The monoisotopic (exact) mass is 319 g/mol. The van der Waals surface area contributed by atoms with Crippen molar-refractivity contribution in [2.24, 2.45) is 5.14 Å². The van der Waals surface area contributed by atoms with Gasteiger partial charge in [-0.1, -0.05) is 28.6 Å². The molecule has 0 heterocycles. The molecule has 0 bridgehead atoms. The number of halogens is 1. The van der Waals surface area contributed by atoms with E-state index >= 15 is 0 Å². The second-order valence-electron chi connectivity index (χ2n) is 3.76. The molecule has 0 aromatic heterocycles. The van der Waals surface area contributed by atoms with Crippen LogP contribution in [0.5, 0.6) is 5.75 Å². The highest BCUT2D eigenvalue weighted by atomic mass is 79.9. The van der Waals surface area contributed by atoms with Crippen LogP contribution in [0.4, 0.5) is 0 Å². The van der Waals surface area contributed by atoms with Gasteiger partial charge in [0.05, 0.1) is 0 Å². The van der Waals surface area contributed by atoms with Crippen LogP contribution >= 0.6 is 15.9 Å². The van der Waals surface area contributed by atoms with E-state index in [4.69, 9.17) is 9.88 Å². The Hall–Kier alpha value is -0.850. The predicted molar refractivity (Wildman–Crippen MR) is 70.9 cm³/mol. The number of hydrogen-bond donors (Lipinski definition) is 1. The first-order valence-electron chi connectivity index (χ1n) is 4.82. The molecule has 0 fully saturated rings. The maximum Gasteiger partial charge on any atom is 0.241 e. The van der Waals surface area contributed by atoms with Crippen molar-refractivity contribution in [1.82, 2.24) is 0 Å². The summed E-state index contributed by atoms with van der Waals surface area (Å²) in [6, 6.07) is 3.33. The molecule has 0 saturated heterocycles. The summed E-state index contributed by atoms with van der Waals surface area (Å²) in [7, 11) is -3.80. The number of hydrogen-bond acceptors (Lipinski definition) is 3. The molecule has 1 aromatic rings. The first kappa shape index (κ1) is 14.2. The molecule has 0 radical (unpaired) electrons. The van der Waals surface area contributed by atoms with Crippen molar-refractivity contribution < 1.29 is 13.2 Å². The standard InChI is InChI=1S/C11H14BrNO3S/c1-7-4-8(2)11(16-6-9(3)12)10(5-7)17(13,14)15/h4-5H,3,6H2,1-2H3,(H2,13,14,15). The average molecular weight is 320 g/mol. The van der Waals surface area contributed by atoms with E-state index in [0.717, 1.165) is 11.1 Å². The molecule has 0 unspecified atom stereocenters. The number of aryl methyl sites for hydroxylation is 2. The highest BCUT2D eigenvalue weighted by Gasteiger charge is 2.18. The fourth-order valence-corrected chi connectivity index (χ4v) is 2.41. The lowest BCUT2D eigenvalue weighted by molar-refractivity contribution is 0.348. The fraction of sp³-hybridized carbons (Fsp3) is 0.273. The van der Waals surface area contributed by atoms with E-state index in [1.807, 2.05) is 6.07 Å². The second-order valence-corrected chi connectivity index (χ2v) is 6.41. The van der Waals surface area contributed by atoms with Crippen LogP contribution in [0.15, 0.2) is 28.1 Å². The maximum atomic E-state index is 11.5. The molecule has 2 N–H and O–H groups in total. The maximum absolute atomic E-state index is 11.5. The average Bonchev–Trinajstić information content (AvgIpc) is 2.13. The SMILES string of the molecule is C=C(Br)COc1c(C)cc(C)cc1S(N)(=O)=O. The second kappa shape index (κ2) is 5.20. The van der Waals surface area contributed by atoms with Crippen molar-refractivity contribution in [3.05, 3.63) is 34.3 Å². The van der Waals surface area contributed by atoms with Crippen LogP contribution < -0.4 is 9.88 Å². The molecule has 0 aliphatic carbocycles. The van der Waals surface area contributed by atoms with Gasteiger partial charge in [0.2, 0.25) is 10.0 Å². The Labute approximate surface area is 110 Å². The molecule has 1 aromatic carbocycles. The Morgan fingerprint density at radius 2 is 2.06 bits per heavy atom. The minimum Gasteiger partial charge on any atom is -0.487 e. The van der Waals surface area contributed by atoms with Crippen LogP contribution in [0.2, 0.25) is 0 Å². The van der Waals surface area contributed by atoms with Gasteiger partial charge in [-0.05, 0) is 31.0 Å². The normalized spacial score (nSPS) is 11.3. The van der Waals surface area contributed by atoms with Crippen molar-refractivity contribution in [3.63, 3.8) is 0 Å². The zero-order chi connectivity index (χ0) is 13.2. The Bertz CT molecular complexity index is 552. The van der Waals surface area contributed by atoms with Gasteiger partial charge in [-0.25, -0.2) is 13.6 Å². The number of primary sulfonamides is 1. The van der Waals surface area contributed by atoms with Crippen molar-refractivity contribution >= 4 is 26.0 Å². The predicted octanol–water partition coefficient (Wildman–Crippen LogP) is 2.24. The quantitative estimate of drug-likeness (QED) is 0.925. The van der Waals surface area contributed by atoms with Gasteiger partial charge in [0.25, 0.3) is 0 Å². The van der Waals surface area contributed by atoms with E-state index in [1.165, 1.54) is 6.07 Å². The van der Waals surface area contributed by atoms with Gasteiger partial charge >= 0.3 is 0 Å². The summed E-state index contributed by atoms with van der Waals surface area (Å²) < 4.78 is 29.0. The van der Waals surface area contributed by atoms with Gasteiger partial charge in [0, 0.05) is 4.48 Å². The Morgan fingerprint density at radius 1 is 1.47 bits per heavy atom. The Balaban J connectivity index is 3.31. The van der Waals surface area contributed by atoms with Crippen molar-refractivity contribution in [1.29, 1.82) is 0 Å². The summed E-state index contributed by atoms with van der Waals surface area (Å²) in [4.78, 5) is 0.00347. The van der Waals surface area contributed by atoms with E-state index in [2.05, 4.69) is 22.5 Å². The van der Waals surface area contributed by atoms with Gasteiger partial charge in [0.15, 0.2) is 0 Å². The highest BCUT2D eigenvalue weighted by Crippen LogP contribution is 2.29. The topological polar surface area (TPSA) is 69.4 Å². The zero-order valence-corrected chi connectivity index (χ0v) is 12.1. The van der Waals surface area contributed by atoms with Crippen LogP contribution in [0.1, 0.15) is 11.1 Å². The van der Waals surface area contributed by atoms with Crippen LogP contribution in [0, 0.1) is 13.8 Å². The minimum atomic E-state index is -3.80. The molecule has 0 atom stereocenters. The molecule has 6 heteroatoms. The number of ether oxygens (including phenoxy) is 1. The molecule has 1 rings (SSSR count). The molecule has 0 aliphatic rings. The number of rotatable bonds is 4. The molecule has 0 spiro atoms. The van der Waals surface area contributed by atoms with E-state index in [1.54, 1.807) is 13.8 Å². The van der Waals surface area contributed by atoms with Crippen molar-refractivity contribution in [2.45, 2.75) is 18.7 Å². The first-order chi connectivity index (χ1) is 7.71. The lowest BCUT2D eigenvalue weighted by Crippen LogP contribution is -2.15. The summed E-state index contributed by atoms with van der Waals surface area (Å²) in [6.07, 6.45) is 0. The molecule has 0 aliphatic heterocycles. The third-order valence-electron chi connectivity index (χ3n) is 2.06.